The summed E-state index contributed by atoms with van der Waals surface area (Å²) in [4.78, 5) is 10.7. The van der Waals surface area contributed by atoms with Crippen molar-refractivity contribution < 1.29 is 4.92 Å². The number of nitrogens with two attached hydrogens (primary N) is 1. The number of nitrogens with zero attached hydrogens (tertiary/aromatic N) is 1. The molecule has 1 fully saturated rings. The van der Waals surface area contributed by atoms with Gasteiger partial charge in [0.2, 0.25) is 0 Å². The maximum atomic E-state index is 11.0. The summed E-state index contributed by atoms with van der Waals surface area (Å²) in [6.45, 7) is 1.88. The van der Waals surface area contributed by atoms with Gasteiger partial charge in [-0.3, -0.25) is 10.1 Å². The Balaban J connectivity index is 2.24. The standard InChI is InChI=1S/C13H19N3O2/c1-9-5-4-8-12(16(17)18)13(9)15-11-7-3-2-6-10(11)14/h4-5,8,10-11,15H,2-3,6-7,14H2,1H3/t10-,11-/m1/s1. The summed E-state index contributed by atoms with van der Waals surface area (Å²) in [6.07, 6.45) is 4.24. The van der Waals surface area contributed by atoms with Gasteiger partial charge in [0.15, 0.2) is 0 Å². The Kier molecular flexibility index (Phi) is 3.81. The predicted molar refractivity (Wildman–Crippen MR) is 71.7 cm³/mol. The van der Waals surface area contributed by atoms with Crippen LogP contribution in [0.5, 0.6) is 0 Å². The number of hydrogen-bond donors (Lipinski definition) is 2. The van der Waals surface area contributed by atoms with Gasteiger partial charge in [0.05, 0.1) is 4.92 Å². The van der Waals surface area contributed by atoms with E-state index < -0.39 is 0 Å². The third-order valence-electron chi connectivity index (χ3n) is 3.60. The summed E-state index contributed by atoms with van der Waals surface area (Å²) >= 11 is 0. The molecule has 0 bridgehead atoms. The van der Waals surface area contributed by atoms with E-state index in [9.17, 15) is 10.1 Å². The van der Waals surface area contributed by atoms with Gasteiger partial charge in [0.1, 0.15) is 5.69 Å². The molecule has 1 aromatic rings. The molecule has 2 rings (SSSR count). The molecule has 0 spiro atoms. The topological polar surface area (TPSA) is 81.2 Å². The molecule has 1 aromatic carbocycles. The fourth-order valence-electron chi connectivity index (χ4n) is 2.52. The molecule has 0 unspecified atom stereocenters. The fraction of sp³-hybridized carbons (Fsp3) is 0.538. The van der Waals surface area contributed by atoms with Crippen LogP contribution >= 0.6 is 0 Å². The molecule has 1 aliphatic rings. The Morgan fingerprint density at radius 2 is 2.11 bits per heavy atom. The van der Waals surface area contributed by atoms with Crippen molar-refractivity contribution in [1.29, 1.82) is 0 Å². The fourth-order valence-corrected chi connectivity index (χ4v) is 2.52. The van der Waals surface area contributed by atoms with Gasteiger partial charge in [-0.25, -0.2) is 0 Å². The maximum absolute atomic E-state index is 11.0. The molecule has 0 aromatic heterocycles. The van der Waals surface area contributed by atoms with Crippen LogP contribution in [-0.4, -0.2) is 17.0 Å². The lowest BCUT2D eigenvalue weighted by Gasteiger charge is -2.30. The monoisotopic (exact) mass is 249 g/mol. The molecule has 0 radical (unpaired) electrons. The second-order valence-corrected chi connectivity index (χ2v) is 4.93. The Hall–Kier alpha value is -1.62. The van der Waals surface area contributed by atoms with Gasteiger partial charge in [0, 0.05) is 18.2 Å². The molecular weight excluding hydrogens is 230 g/mol. The van der Waals surface area contributed by atoms with Crippen molar-refractivity contribution >= 4 is 11.4 Å². The zero-order valence-electron chi connectivity index (χ0n) is 10.6. The second kappa shape index (κ2) is 5.35. The lowest BCUT2D eigenvalue weighted by Crippen LogP contribution is -2.42. The van der Waals surface area contributed by atoms with Crippen LogP contribution in [0.1, 0.15) is 31.2 Å². The SMILES string of the molecule is Cc1cccc([N+](=O)[O-])c1N[C@@H]1CCCC[C@H]1N. The van der Waals surface area contributed by atoms with Crippen molar-refractivity contribution in [3.8, 4) is 0 Å². The van der Waals surface area contributed by atoms with Crippen LogP contribution in [0.2, 0.25) is 0 Å². The lowest BCUT2D eigenvalue weighted by molar-refractivity contribution is -0.384. The minimum atomic E-state index is -0.344. The number of benzene rings is 1. The first-order valence-corrected chi connectivity index (χ1v) is 6.35. The molecular formula is C13H19N3O2. The van der Waals surface area contributed by atoms with Crippen LogP contribution in [-0.2, 0) is 0 Å². The number of nitro benzene ring substituents is 1. The molecule has 98 valence electrons. The van der Waals surface area contributed by atoms with Gasteiger partial charge in [0.25, 0.3) is 5.69 Å². The maximum Gasteiger partial charge on any atom is 0.292 e. The smallest absolute Gasteiger partial charge is 0.292 e. The van der Waals surface area contributed by atoms with E-state index in [4.69, 9.17) is 5.73 Å². The quantitative estimate of drug-likeness (QED) is 0.637. The van der Waals surface area contributed by atoms with Gasteiger partial charge >= 0.3 is 0 Å². The molecule has 1 saturated carbocycles. The molecule has 0 heterocycles. The zero-order valence-corrected chi connectivity index (χ0v) is 10.6. The molecule has 0 aliphatic heterocycles. The number of rotatable bonds is 3. The number of nitrogens with one attached hydrogen (secondary N) is 1. The van der Waals surface area contributed by atoms with E-state index in [1.54, 1.807) is 6.07 Å². The zero-order chi connectivity index (χ0) is 13.1. The minimum absolute atomic E-state index is 0.0814. The number of nitro groups is 1. The molecule has 18 heavy (non-hydrogen) atoms. The van der Waals surface area contributed by atoms with E-state index in [0.717, 1.165) is 31.2 Å². The number of para-hydroxylation sites is 1. The van der Waals surface area contributed by atoms with Crippen molar-refractivity contribution in [2.75, 3.05) is 5.32 Å². The second-order valence-electron chi connectivity index (χ2n) is 4.93. The van der Waals surface area contributed by atoms with Gasteiger partial charge in [-0.15, -0.1) is 0 Å². The summed E-state index contributed by atoms with van der Waals surface area (Å²) in [6, 6.07) is 5.34. The average molecular weight is 249 g/mol. The molecule has 0 saturated heterocycles. The summed E-state index contributed by atoms with van der Waals surface area (Å²) in [5.41, 5.74) is 7.71. The highest BCUT2D eigenvalue weighted by Crippen LogP contribution is 2.30. The van der Waals surface area contributed by atoms with Crippen LogP contribution in [0.3, 0.4) is 0 Å². The van der Waals surface area contributed by atoms with E-state index in [2.05, 4.69) is 5.32 Å². The molecule has 3 N–H and O–H groups in total. The van der Waals surface area contributed by atoms with E-state index >= 15 is 0 Å². The van der Waals surface area contributed by atoms with Crippen molar-refractivity contribution in [1.82, 2.24) is 0 Å². The van der Waals surface area contributed by atoms with E-state index in [0.29, 0.717) is 5.69 Å². The highest BCUT2D eigenvalue weighted by molar-refractivity contribution is 5.66. The highest BCUT2D eigenvalue weighted by atomic mass is 16.6. The highest BCUT2D eigenvalue weighted by Gasteiger charge is 2.25. The van der Waals surface area contributed by atoms with Crippen molar-refractivity contribution in [3.63, 3.8) is 0 Å². The third kappa shape index (κ3) is 2.61. The first-order valence-electron chi connectivity index (χ1n) is 6.35. The Bertz CT molecular complexity index is 448. The first-order chi connectivity index (χ1) is 8.59. The van der Waals surface area contributed by atoms with Crippen LogP contribution < -0.4 is 11.1 Å². The Morgan fingerprint density at radius 3 is 2.78 bits per heavy atom. The van der Waals surface area contributed by atoms with E-state index in [1.807, 2.05) is 13.0 Å². The number of hydrogen-bond acceptors (Lipinski definition) is 4. The van der Waals surface area contributed by atoms with Crippen molar-refractivity contribution in [3.05, 3.63) is 33.9 Å². The van der Waals surface area contributed by atoms with Gasteiger partial charge < -0.3 is 11.1 Å². The molecule has 5 heteroatoms. The van der Waals surface area contributed by atoms with Crippen molar-refractivity contribution in [2.24, 2.45) is 5.73 Å². The predicted octanol–water partition coefficient (Wildman–Crippen LogP) is 2.59. The molecule has 2 atom stereocenters. The van der Waals surface area contributed by atoms with Crippen molar-refractivity contribution in [2.45, 2.75) is 44.7 Å². The average Bonchev–Trinajstić information content (AvgIpc) is 2.34. The Morgan fingerprint density at radius 1 is 1.39 bits per heavy atom. The largest absolute Gasteiger partial charge is 0.375 e. The third-order valence-corrected chi connectivity index (χ3v) is 3.60. The van der Waals surface area contributed by atoms with Crippen LogP contribution in [0.15, 0.2) is 18.2 Å². The summed E-state index contributed by atoms with van der Waals surface area (Å²) in [5, 5.41) is 14.3. The minimum Gasteiger partial charge on any atom is -0.375 e. The van der Waals surface area contributed by atoms with Gasteiger partial charge in [-0.1, -0.05) is 25.0 Å². The van der Waals surface area contributed by atoms with Gasteiger partial charge in [-0.05, 0) is 25.3 Å². The normalized spacial score (nSPS) is 23.7. The van der Waals surface area contributed by atoms with Crippen LogP contribution in [0, 0.1) is 17.0 Å². The van der Waals surface area contributed by atoms with E-state index in [1.165, 1.54) is 6.07 Å². The Labute approximate surface area is 107 Å². The molecule has 1 aliphatic carbocycles. The first kappa shape index (κ1) is 12.8. The van der Waals surface area contributed by atoms with Crippen LogP contribution in [0.25, 0.3) is 0 Å². The lowest BCUT2D eigenvalue weighted by atomic mass is 9.90. The van der Waals surface area contributed by atoms with Gasteiger partial charge in [-0.2, -0.15) is 0 Å². The molecule has 5 nitrogen and oxygen atoms in total. The number of anilines is 1. The number of aryl methyl sites for hydroxylation is 1. The van der Waals surface area contributed by atoms with Crippen LogP contribution in [0.4, 0.5) is 11.4 Å². The molecule has 0 amide bonds. The summed E-state index contributed by atoms with van der Waals surface area (Å²) < 4.78 is 0. The summed E-state index contributed by atoms with van der Waals surface area (Å²) in [5.74, 6) is 0. The van der Waals surface area contributed by atoms with E-state index in [-0.39, 0.29) is 22.7 Å². The summed E-state index contributed by atoms with van der Waals surface area (Å²) in [7, 11) is 0.